The number of aliphatic hydroxyl groups is 1. The lowest BCUT2D eigenvalue weighted by Crippen LogP contribution is -2.17. The number of rotatable bonds is 4. The lowest BCUT2D eigenvalue weighted by Gasteiger charge is -2.07. The minimum Gasteiger partial charge on any atom is -0.392 e. The molecule has 0 saturated heterocycles. The average Bonchev–Trinajstić information content (AvgIpc) is 2.17. The summed E-state index contributed by atoms with van der Waals surface area (Å²) in [6.45, 7) is 4.95. The van der Waals surface area contributed by atoms with Crippen LogP contribution < -0.4 is 4.72 Å². The summed E-state index contributed by atoms with van der Waals surface area (Å²) in [7, 11) is -3.51. The number of nitrogens with one attached hydrogen (secondary N) is 1. The molecule has 4 nitrogen and oxygen atoms in total. The molecule has 0 atom stereocenters. The van der Waals surface area contributed by atoms with Crippen LogP contribution in [-0.2, 0) is 16.6 Å². The highest BCUT2D eigenvalue weighted by molar-refractivity contribution is 7.89. The second-order valence-corrected chi connectivity index (χ2v) is 4.79. The van der Waals surface area contributed by atoms with E-state index in [-0.39, 0.29) is 11.5 Å². The molecule has 0 fully saturated rings. The van der Waals surface area contributed by atoms with Crippen LogP contribution in [0.25, 0.3) is 0 Å². The van der Waals surface area contributed by atoms with E-state index in [4.69, 9.17) is 5.11 Å². The highest BCUT2D eigenvalue weighted by atomic mass is 32.2. The van der Waals surface area contributed by atoms with E-state index in [1.807, 2.05) is 0 Å². The highest BCUT2D eigenvalue weighted by Crippen LogP contribution is 2.15. The fourth-order valence-corrected chi connectivity index (χ4v) is 2.13. The molecule has 2 N–H and O–H groups in total. The van der Waals surface area contributed by atoms with E-state index in [0.717, 1.165) is 11.8 Å². The van der Waals surface area contributed by atoms with Gasteiger partial charge in [0.2, 0.25) is 0 Å². The Morgan fingerprint density at radius 2 is 2.20 bits per heavy atom. The van der Waals surface area contributed by atoms with E-state index in [1.54, 1.807) is 13.0 Å². The van der Waals surface area contributed by atoms with Gasteiger partial charge in [-0.05, 0) is 30.2 Å². The number of hydrogen-bond acceptors (Lipinski definition) is 3. The molecular formula is C10H13NO3S. The topological polar surface area (TPSA) is 66.4 Å². The van der Waals surface area contributed by atoms with Gasteiger partial charge >= 0.3 is 0 Å². The molecule has 0 heterocycles. The van der Waals surface area contributed by atoms with Crippen molar-refractivity contribution in [2.24, 2.45) is 0 Å². The molecule has 1 rings (SSSR count). The second-order valence-electron chi connectivity index (χ2n) is 3.07. The lowest BCUT2D eigenvalue weighted by molar-refractivity contribution is 0.281. The summed E-state index contributed by atoms with van der Waals surface area (Å²) in [6, 6.07) is 4.55. The van der Waals surface area contributed by atoms with Crippen LogP contribution in [0.5, 0.6) is 0 Å². The van der Waals surface area contributed by atoms with Gasteiger partial charge in [0, 0.05) is 6.20 Å². The van der Waals surface area contributed by atoms with Crippen LogP contribution in [-0.4, -0.2) is 13.5 Å². The quantitative estimate of drug-likeness (QED) is 0.803. The molecule has 15 heavy (non-hydrogen) atoms. The maximum Gasteiger partial charge on any atom is 0.261 e. The molecule has 0 saturated carbocycles. The van der Waals surface area contributed by atoms with E-state index in [9.17, 15) is 8.42 Å². The second kappa shape index (κ2) is 4.46. The first-order valence-corrected chi connectivity index (χ1v) is 5.83. The van der Waals surface area contributed by atoms with E-state index in [2.05, 4.69) is 11.3 Å². The summed E-state index contributed by atoms with van der Waals surface area (Å²) in [5.74, 6) is 0. The van der Waals surface area contributed by atoms with E-state index >= 15 is 0 Å². The van der Waals surface area contributed by atoms with Crippen LogP contribution in [0.4, 0.5) is 0 Å². The van der Waals surface area contributed by atoms with E-state index in [0.29, 0.717) is 5.56 Å². The molecule has 0 spiro atoms. The lowest BCUT2D eigenvalue weighted by atomic mass is 10.1. The molecule has 0 aliphatic heterocycles. The third kappa shape index (κ3) is 2.57. The Bertz CT molecular complexity index is 466. The van der Waals surface area contributed by atoms with Crippen molar-refractivity contribution in [2.45, 2.75) is 18.4 Å². The molecule has 0 aromatic heterocycles. The molecule has 1 aromatic rings. The van der Waals surface area contributed by atoms with Gasteiger partial charge < -0.3 is 5.11 Å². The highest BCUT2D eigenvalue weighted by Gasteiger charge is 2.12. The zero-order valence-corrected chi connectivity index (χ0v) is 9.21. The first-order valence-electron chi connectivity index (χ1n) is 4.35. The largest absolute Gasteiger partial charge is 0.392 e. The number of aliphatic hydroxyl groups excluding tert-OH is 1. The van der Waals surface area contributed by atoms with Crippen molar-refractivity contribution in [3.63, 3.8) is 0 Å². The van der Waals surface area contributed by atoms with Crippen LogP contribution in [0.3, 0.4) is 0 Å². The van der Waals surface area contributed by atoms with Crippen molar-refractivity contribution in [1.29, 1.82) is 0 Å². The van der Waals surface area contributed by atoms with Gasteiger partial charge in [0.15, 0.2) is 0 Å². The minimum absolute atomic E-state index is 0.0962. The Morgan fingerprint density at radius 1 is 1.53 bits per heavy atom. The van der Waals surface area contributed by atoms with Crippen molar-refractivity contribution < 1.29 is 13.5 Å². The van der Waals surface area contributed by atoms with Gasteiger partial charge in [-0.25, -0.2) is 8.42 Å². The van der Waals surface area contributed by atoms with Gasteiger partial charge in [-0.1, -0.05) is 12.6 Å². The molecular weight excluding hydrogens is 214 g/mol. The Hall–Kier alpha value is -1.33. The first kappa shape index (κ1) is 11.7. The maximum atomic E-state index is 11.5. The van der Waals surface area contributed by atoms with Gasteiger partial charge in [0.25, 0.3) is 10.0 Å². The molecule has 0 bridgehead atoms. The number of benzene rings is 1. The van der Waals surface area contributed by atoms with Crippen molar-refractivity contribution in [2.75, 3.05) is 0 Å². The van der Waals surface area contributed by atoms with Crippen molar-refractivity contribution in [1.82, 2.24) is 4.72 Å². The predicted molar refractivity (Wildman–Crippen MR) is 57.6 cm³/mol. The van der Waals surface area contributed by atoms with E-state index in [1.165, 1.54) is 12.1 Å². The van der Waals surface area contributed by atoms with Crippen molar-refractivity contribution in [3.05, 3.63) is 42.1 Å². The van der Waals surface area contributed by atoms with Crippen LogP contribution >= 0.6 is 0 Å². The summed E-state index contributed by atoms with van der Waals surface area (Å²) in [4.78, 5) is 0.164. The van der Waals surface area contributed by atoms with Crippen LogP contribution in [0.15, 0.2) is 35.9 Å². The molecule has 5 heteroatoms. The van der Waals surface area contributed by atoms with Crippen LogP contribution in [0, 0.1) is 6.92 Å². The summed E-state index contributed by atoms with van der Waals surface area (Å²) in [5, 5.41) is 8.93. The van der Waals surface area contributed by atoms with Crippen LogP contribution in [0.2, 0.25) is 0 Å². The van der Waals surface area contributed by atoms with Gasteiger partial charge in [-0.2, -0.15) is 0 Å². The van der Waals surface area contributed by atoms with E-state index < -0.39 is 10.0 Å². The zero-order chi connectivity index (χ0) is 11.5. The van der Waals surface area contributed by atoms with Crippen molar-refractivity contribution >= 4 is 10.0 Å². The average molecular weight is 227 g/mol. The summed E-state index contributed by atoms with van der Waals surface area (Å²) >= 11 is 0. The third-order valence-electron chi connectivity index (χ3n) is 2.03. The summed E-state index contributed by atoms with van der Waals surface area (Å²) < 4.78 is 25.3. The standard InChI is InChI=1S/C10H13NO3S/c1-3-11-15(13,14)10-5-4-9(7-12)8(2)6-10/h3-6,11-12H,1,7H2,2H3. The molecule has 0 unspecified atom stereocenters. The first-order chi connectivity index (χ1) is 7.01. The van der Waals surface area contributed by atoms with Gasteiger partial charge in [-0.15, -0.1) is 0 Å². The monoisotopic (exact) mass is 227 g/mol. The Labute approximate surface area is 89.3 Å². The molecule has 1 aromatic carbocycles. The molecule has 0 radical (unpaired) electrons. The minimum atomic E-state index is -3.51. The number of aryl methyl sites for hydroxylation is 1. The zero-order valence-electron chi connectivity index (χ0n) is 8.40. The Kier molecular flexibility index (Phi) is 3.49. The third-order valence-corrected chi connectivity index (χ3v) is 3.38. The van der Waals surface area contributed by atoms with Crippen molar-refractivity contribution in [3.8, 4) is 0 Å². The fraction of sp³-hybridized carbons (Fsp3) is 0.200. The summed E-state index contributed by atoms with van der Waals surface area (Å²) in [5.41, 5.74) is 1.46. The van der Waals surface area contributed by atoms with Gasteiger partial charge in [0.05, 0.1) is 11.5 Å². The molecule has 82 valence electrons. The normalized spacial score (nSPS) is 11.1. The van der Waals surface area contributed by atoms with Gasteiger partial charge in [0.1, 0.15) is 0 Å². The summed E-state index contributed by atoms with van der Waals surface area (Å²) in [6.07, 6.45) is 1.12. The molecule has 0 aliphatic carbocycles. The molecule has 0 aliphatic rings. The predicted octanol–water partition coefficient (Wildman–Crippen LogP) is 0.909. The van der Waals surface area contributed by atoms with Crippen LogP contribution in [0.1, 0.15) is 11.1 Å². The maximum absolute atomic E-state index is 11.5. The number of hydrogen-bond donors (Lipinski definition) is 2. The smallest absolute Gasteiger partial charge is 0.261 e. The SMILES string of the molecule is C=CNS(=O)(=O)c1ccc(CO)c(C)c1. The van der Waals surface area contributed by atoms with Gasteiger partial charge in [-0.3, -0.25) is 4.72 Å². The number of sulfonamides is 1. The Morgan fingerprint density at radius 3 is 2.67 bits per heavy atom. The fourth-order valence-electron chi connectivity index (χ4n) is 1.19. The molecule has 0 amide bonds. The Balaban J connectivity index is 3.18.